The lowest BCUT2D eigenvalue weighted by molar-refractivity contribution is -0.145. The SMILES string of the molecule is CC(OC(=O)CNC(=O)c1ccc(Br)cc1)C(=O)c1ccc(F)cc1. The van der Waals surface area contributed by atoms with E-state index >= 15 is 0 Å². The van der Waals surface area contributed by atoms with Gasteiger partial charge in [-0.2, -0.15) is 0 Å². The van der Waals surface area contributed by atoms with Gasteiger partial charge in [0.1, 0.15) is 12.4 Å². The quantitative estimate of drug-likeness (QED) is 0.589. The van der Waals surface area contributed by atoms with Crippen molar-refractivity contribution >= 4 is 33.6 Å². The van der Waals surface area contributed by atoms with Crippen molar-refractivity contribution in [1.29, 1.82) is 0 Å². The highest BCUT2D eigenvalue weighted by Gasteiger charge is 2.20. The monoisotopic (exact) mass is 407 g/mol. The minimum atomic E-state index is -1.04. The predicted molar refractivity (Wildman–Crippen MR) is 92.8 cm³/mol. The molecular weight excluding hydrogens is 393 g/mol. The number of halogens is 2. The summed E-state index contributed by atoms with van der Waals surface area (Å²) in [5.74, 6) is -2.08. The van der Waals surface area contributed by atoms with Gasteiger partial charge in [-0.1, -0.05) is 15.9 Å². The van der Waals surface area contributed by atoms with Crippen molar-refractivity contribution in [3.05, 3.63) is 69.9 Å². The van der Waals surface area contributed by atoms with Crippen LogP contribution in [0.5, 0.6) is 0 Å². The zero-order valence-electron chi connectivity index (χ0n) is 13.3. The molecule has 5 nitrogen and oxygen atoms in total. The fourth-order valence-corrected chi connectivity index (χ4v) is 2.26. The molecule has 7 heteroatoms. The number of hydrogen-bond donors (Lipinski definition) is 1. The Hall–Kier alpha value is -2.54. The van der Waals surface area contributed by atoms with Gasteiger partial charge in [-0.05, 0) is 55.5 Å². The molecule has 0 saturated heterocycles. The second-order valence-corrected chi connectivity index (χ2v) is 6.11. The van der Waals surface area contributed by atoms with Crippen molar-refractivity contribution in [1.82, 2.24) is 5.32 Å². The van der Waals surface area contributed by atoms with Crippen molar-refractivity contribution < 1.29 is 23.5 Å². The maximum atomic E-state index is 12.9. The van der Waals surface area contributed by atoms with Crippen LogP contribution in [-0.2, 0) is 9.53 Å². The summed E-state index contributed by atoms with van der Waals surface area (Å²) in [5.41, 5.74) is 0.632. The number of carbonyl (C=O) groups excluding carboxylic acids is 3. The van der Waals surface area contributed by atoms with Crippen LogP contribution in [0.25, 0.3) is 0 Å². The fourth-order valence-electron chi connectivity index (χ4n) is 2.00. The van der Waals surface area contributed by atoms with Crippen LogP contribution in [0.2, 0.25) is 0 Å². The Balaban J connectivity index is 1.84. The Morgan fingerprint density at radius 3 is 2.20 bits per heavy atom. The highest BCUT2D eigenvalue weighted by Crippen LogP contribution is 2.10. The normalized spacial score (nSPS) is 11.5. The number of ether oxygens (including phenoxy) is 1. The molecule has 25 heavy (non-hydrogen) atoms. The number of Topliss-reactive ketones (excluding diaryl/α,β-unsaturated/α-hetero) is 1. The number of esters is 1. The van der Waals surface area contributed by atoms with Gasteiger partial charge in [-0.3, -0.25) is 14.4 Å². The first kappa shape index (κ1) is 18.8. The first-order chi connectivity index (χ1) is 11.9. The maximum absolute atomic E-state index is 12.9. The smallest absolute Gasteiger partial charge is 0.326 e. The summed E-state index contributed by atoms with van der Waals surface area (Å²) in [6, 6.07) is 11.6. The molecular formula is C18H15BrFNO4. The Kier molecular flexibility index (Phi) is 6.41. The topological polar surface area (TPSA) is 72.5 Å². The van der Waals surface area contributed by atoms with Crippen molar-refractivity contribution in [3.63, 3.8) is 0 Å². The van der Waals surface area contributed by atoms with E-state index in [1.807, 2.05) is 0 Å². The molecule has 0 radical (unpaired) electrons. The van der Waals surface area contributed by atoms with Crippen LogP contribution < -0.4 is 5.32 Å². The van der Waals surface area contributed by atoms with E-state index < -0.39 is 29.6 Å². The second kappa shape index (κ2) is 8.53. The van der Waals surface area contributed by atoms with E-state index in [9.17, 15) is 18.8 Å². The van der Waals surface area contributed by atoms with Crippen LogP contribution in [0.3, 0.4) is 0 Å². The molecule has 0 aliphatic rings. The highest BCUT2D eigenvalue weighted by atomic mass is 79.9. The number of carbonyl (C=O) groups is 3. The summed E-state index contributed by atoms with van der Waals surface area (Å²) in [4.78, 5) is 35.8. The number of amides is 1. The summed E-state index contributed by atoms with van der Waals surface area (Å²) in [6.07, 6.45) is -1.04. The molecule has 0 heterocycles. The Morgan fingerprint density at radius 2 is 1.60 bits per heavy atom. The van der Waals surface area contributed by atoms with Gasteiger partial charge in [-0.15, -0.1) is 0 Å². The Labute approximate surface area is 152 Å². The average molecular weight is 408 g/mol. The molecule has 1 N–H and O–H groups in total. The molecule has 0 saturated carbocycles. The minimum absolute atomic E-state index is 0.237. The number of ketones is 1. The third-order valence-electron chi connectivity index (χ3n) is 3.31. The summed E-state index contributed by atoms with van der Waals surface area (Å²) >= 11 is 3.26. The van der Waals surface area contributed by atoms with E-state index in [0.717, 1.165) is 16.6 Å². The molecule has 0 aliphatic heterocycles. The first-order valence-corrected chi connectivity index (χ1v) is 8.19. The van der Waals surface area contributed by atoms with E-state index in [-0.39, 0.29) is 12.1 Å². The van der Waals surface area contributed by atoms with Gasteiger partial charge in [-0.25, -0.2) is 4.39 Å². The molecule has 0 aromatic heterocycles. The van der Waals surface area contributed by atoms with Gasteiger partial charge >= 0.3 is 5.97 Å². The molecule has 130 valence electrons. The third kappa shape index (κ3) is 5.49. The first-order valence-electron chi connectivity index (χ1n) is 7.40. The van der Waals surface area contributed by atoms with E-state index in [0.29, 0.717) is 5.56 Å². The van der Waals surface area contributed by atoms with E-state index in [1.54, 1.807) is 24.3 Å². The standard InChI is InChI=1S/C18H15BrFNO4/c1-11(17(23)12-4-8-15(20)9-5-12)25-16(22)10-21-18(24)13-2-6-14(19)7-3-13/h2-9,11H,10H2,1H3,(H,21,24). The van der Waals surface area contributed by atoms with Gasteiger partial charge < -0.3 is 10.1 Å². The molecule has 0 spiro atoms. The van der Waals surface area contributed by atoms with Crippen molar-refractivity contribution in [3.8, 4) is 0 Å². The predicted octanol–water partition coefficient (Wildman–Crippen LogP) is 3.13. The van der Waals surface area contributed by atoms with Gasteiger partial charge in [0.15, 0.2) is 6.10 Å². The van der Waals surface area contributed by atoms with Crippen LogP contribution in [-0.4, -0.2) is 30.3 Å². The molecule has 2 aromatic carbocycles. The zero-order chi connectivity index (χ0) is 18.4. The summed E-state index contributed by atoms with van der Waals surface area (Å²) < 4.78 is 18.7. The summed E-state index contributed by atoms with van der Waals surface area (Å²) in [5, 5.41) is 2.42. The lowest BCUT2D eigenvalue weighted by Crippen LogP contribution is -2.34. The number of hydrogen-bond acceptors (Lipinski definition) is 4. The molecule has 1 atom stereocenters. The lowest BCUT2D eigenvalue weighted by atomic mass is 10.1. The highest BCUT2D eigenvalue weighted by molar-refractivity contribution is 9.10. The molecule has 1 unspecified atom stereocenters. The number of rotatable bonds is 6. The van der Waals surface area contributed by atoms with Gasteiger partial charge in [0.25, 0.3) is 5.91 Å². The van der Waals surface area contributed by atoms with E-state index in [1.165, 1.54) is 19.1 Å². The van der Waals surface area contributed by atoms with Crippen LogP contribution >= 0.6 is 15.9 Å². The van der Waals surface area contributed by atoms with Gasteiger partial charge in [0.2, 0.25) is 5.78 Å². The Bertz CT molecular complexity index is 775. The van der Waals surface area contributed by atoms with Crippen LogP contribution in [0, 0.1) is 5.82 Å². The molecule has 2 aromatic rings. The fraction of sp³-hybridized carbons (Fsp3) is 0.167. The van der Waals surface area contributed by atoms with Gasteiger partial charge in [0, 0.05) is 15.6 Å². The van der Waals surface area contributed by atoms with Crippen molar-refractivity contribution in [2.24, 2.45) is 0 Å². The zero-order valence-corrected chi connectivity index (χ0v) is 14.9. The average Bonchev–Trinajstić information content (AvgIpc) is 2.60. The number of nitrogens with one attached hydrogen (secondary N) is 1. The molecule has 1 amide bonds. The lowest BCUT2D eigenvalue weighted by Gasteiger charge is -2.13. The second-order valence-electron chi connectivity index (χ2n) is 5.19. The largest absolute Gasteiger partial charge is 0.453 e. The number of benzene rings is 2. The van der Waals surface area contributed by atoms with Crippen LogP contribution in [0.1, 0.15) is 27.6 Å². The van der Waals surface area contributed by atoms with Gasteiger partial charge in [0.05, 0.1) is 0 Å². The summed E-state index contributed by atoms with van der Waals surface area (Å²) in [6.45, 7) is 1.05. The maximum Gasteiger partial charge on any atom is 0.326 e. The van der Waals surface area contributed by atoms with E-state index in [4.69, 9.17) is 4.74 Å². The van der Waals surface area contributed by atoms with Crippen LogP contribution in [0.4, 0.5) is 4.39 Å². The van der Waals surface area contributed by atoms with E-state index in [2.05, 4.69) is 21.2 Å². The molecule has 0 bridgehead atoms. The minimum Gasteiger partial charge on any atom is -0.453 e. The van der Waals surface area contributed by atoms with Crippen LogP contribution in [0.15, 0.2) is 53.0 Å². The molecule has 0 aliphatic carbocycles. The van der Waals surface area contributed by atoms with Crippen molar-refractivity contribution in [2.45, 2.75) is 13.0 Å². The molecule has 0 fully saturated rings. The van der Waals surface area contributed by atoms with Crippen molar-refractivity contribution in [2.75, 3.05) is 6.54 Å². The Morgan fingerprint density at radius 1 is 1.04 bits per heavy atom. The third-order valence-corrected chi connectivity index (χ3v) is 3.83. The molecule has 2 rings (SSSR count). The summed E-state index contributed by atoms with van der Waals surface area (Å²) in [7, 11) is 0.